The number of benzene rings is 1. The second kappa shape index (κ2) is 6.21. The molecule has 0 bridgehead atoms. The van der Waals surface area contributed by atoms with Crippen LogP contribution in [-0.4, -0.2) is 16.4 Å². The molecule has 0 radical (unpaired) electrons. The first-order valence-electron chi connectivity index (χ1n) is 4.22. The molecule has 1 atom stereocenters. The Morgan fingerprint density at radius 1 is 1.29 bits per heavy atom. The molecule has 0 aliphatic rings. The van der Waals surface area contributed by atoms with Crippen molar-refractivity contribution < 1.29 is 9.53 Å². The molecule has 0 fully saturated rings. The van der Waals surface area contributed by atoms with Crippen LogP contribution in [0, 0.1) is 0 Å². The Labute approximate surface area is 123 Å². The van der Waals surface area contributed by atoms with Crippen molar-refractivity contribution in [2.24, 2.45) is 0 Å². The van der Waals surface area contributed by atoms with E-state index in [9.17, 15) is 4.79 Å². The largest absolute Gasteiger partial charge is 0.464 e. The molecule has 1 aromatic rings. The van der Waals surface area contributed by atoms with Gasteiger partial charge in [0.2, 0.25) is 16.4 Å². The van der Waals surface area contributed by atoms with Crippen LogP contribution in [0.1, 0.15) is 0 Å². The fourth-order valence-corrected chi connectivity index (χ4v) is 1.73. The van der Waals surface area contributed by atoms with Crippen LogP contribution in [0.2, 0.25) is 10.0 Å². The van der Waals surface area contributed by atoms with Gasteiger partial charge in [-0.25, -0.2) is 0 Å². The van der Waals surface area contributed by atoms with Crippen molar-refractivity contribution in [3.05, 3.63) is 28.2 Å². The van der Waals surface area contributed by atoms with Gasteiger partial charge in [0, 0.05) is 5.02 Å². The molecule has 1 N–H and O–H groups in total. The molecule has 0 aliphatic heterocycles. The lowest BCUT2D eigenvalue weighted by Gasteiger charge is -2.24. The van der Waals surface area contributed by atoms with E-state index in [1.54, 1.807) is 6.07 Å². The highest BCUT2D eigenvalue weighted by Gasteiger charge is 2.34. The van der Waals surface area contributed by atoms with Gasteiger partial charge < -0.3 is 10.1 Å². The number of hydrogen-bond acceptors (Lipinski definition) is 2. The monoisotopic (exact) mass is 335 g/mol. The summed E-state index contributed by atoms with van der Waals surface area (Å²) >= 11 is 28.5. The van der Waals surface area contributed by atoms with E-state index in [0.29, 0.717) is 11.4 Å². The number of carbonyl (C=O) groups is 1. The summed E-state index contributed by atoms with van der Waals surface area (Å²) in [4.78, 5) is 10.4. The zero-order valence-electron chi connectivity index (χ0n) is 8.09. The number of amides is 1. The summed E-state index contributed by atoms with van der Waals surface area (Å²) in [5, 5.41) is 2.90. The quantitative estimate of drug-likeness (QED) is 0.515. The molecule has 0 saturated heterocycles. The van der Waals surface area contributed by atoms with Crippen molar-refractivity contribution in [2.75, 3.05) is 0 Å². The van der Waals surface area contributed by atoms with Crippen molar-refractivity contribution in [2.45, 2.75) is 10.0 Å². The van der Waals surface area contributed by atoms with E-state index in [1.807, 2.05) is 0 Å². The highest BCUT2D eigenvalue weighted by molar-refractivity contribution is 6.68. The standard InChI is InChI=1S/C9H6Cl5NO2/c10-5-1-2-7(6(11)3-5)17-8(15-4-16)9(12,13)14/h1-4,8H,(H,15,16)/t8-/m0/s1. The molecule has 1 rings (SSSR count). The number of rotatable bonds is 4. The van der Waals surface area contributed by atoms with Gasteiger partial charge in [-0.05, 0) is 18.2 Å². The number of ether oxygens (including phenoxy) is 1. The Balaban J connectivity index is 2.90. The third-order valence-electron chi connectivity index (χ3n) is 1.66. The van der Waals surface area contributed by atoms with Crippen molar-refractivity contribution in [1.82, 2.24) is 5.32 Å². The van der Waals surface area contributed by atoms with E-state index in [-0.39, 0.29) is 10.8 Å². The zero-order chi connectivity index (χ0) is 13.1. The van der Waals surface area contributed by atoms with Gasteiger partial charge in [0.15, 0.2) is 0 Å². The van der Waals surface area contributed by atoms with E-state index >= 15 is 0 Å². The summed E-state index contributed by atoms with van der Waals surface area (Å²) in [6, 6.07) is 4.52. The minimum Gasteiger partial charge on any atom is -0.464 e. The molecule has 1 amide bonds. The third kappa shape index (κ3) is 4.60. The maximum absolute atomic E-state index is 10.4. The molecule has 3 nitrogen and oxygen atoms in total. The lowest BCUT2D eigenvalue weighted by atomic mass is 10.3. The van der Waals surface area contributed by atoms with Crippen molar-refractivity contribution in [1.29, 1.82) is 0 Å². The first kappa shape index (κ1) is 15.0. The van der Waals surface area contributed by atoms with Crippen LogP contribution in [0.4, 0.5) is 0 Å². The van der Waals surface area contributed by atoms with Gasteiger partial charge in [-0.15, -0.1) is 0 Å². The van der Waals surface area contributed by atoms with E-state index in [4.69, 9.17) is 62.7 Å². The summed E-state index contributed by atoms with van der Waals surface area (Å²) in [5.41, 5.74) is 0. The van der Waals surface area contributed by atoms with Crippen LogP contribution in [0.3, 0.4) is 0 Å². The average Bonchev–Trinajstić information content (AvgIpc) is 2.19. The van der Waals surface area contributed by atoms with Crippen LogP contribution in [0.25, 0.3) is 0 Å². The number of hydrogen-bond donors (Lipinski definition) is 1. The fraction of sp³-hybridized carbons (Fsp3) is 0.222. The second-order valence-corrected chi connectivity index (χ2v) is 6.11. The lowest BCUT2D eigenvalue weighted by Crippen LogP contribution is -2.44. The molecule has 0 unspecified atom stereocenters. The van der Waals surface area contributed by atoms with Gasteiger partial charge in [0.25, 0.3) is 0 Å². The molecule has 0 spiro atoms. The summed E-state index contributed by atoms with van der Waals surface area (Å²) in [6.07, 6.45) is -0.806. The maximum Gasteiger partial charge on any atom is 0.246 e. The predicted octanol–water partition coefficient (Wildman–Crippen LogP) is 3.81. The van der Waals surface area contributed by atoms with Gasteiger partial charge >= 0.3 is 0 Å². The maximum atomic E-state index is 10.4. The molecule has 0 heterocycles. The second-order valence-electron chi connectivity index (χ2n) is 2.90. The van der Waals surface area contributed by atoms with Gasteiger partial charge in [0.1, 0.15) is 5.75 Å². The number of nitrogens with one attached hydrogen (secondary N) is 1. The van der Waals surface area contributed by atoms with Gasteiger partial charge in [-0.2, -0.15) is 0 Å². The smallest absolute Gasteiger partial charge is 0.246 e. The number of alkyl halides is 3. The Morgan fingerprint density at radius 2 is 1.94 bits per heavy atom. The summed E-state index contributed by atoms with van der Waals surface area (Å²) < 4.78 is 3.45. The first-order valence-corrected chi connectivity index (χ1v) is 6.11. The first-order chi connectivity index (χ1) is 7.84. The van der Waals surface area contributed by atoms with Crippen LogP contribution >= 0.6 is 58.0 Å². The zero-order valence-corrected chi connectivity index (χ0v) is 11.9. The third-order valence-corrected chi connectivity index (χ3v) is 2.78. The number of carbonyl (C=O) groups excluding carboxylic acids is 1. The van der Waals surface area contributed by atoms with Crippen molar-refractivity contribution in [3.8, 4) is 5.75 Å². The van der Waals surface area contributed by atoms with E-state index in [2.05, 4.69) is 5.32 Å². The van der Waals surface area contributed by atoms with Crippen LogP contribution in [-0.2, 0) is 4.79 Å². The predicted molar refractivity (Wildman–Crippen MR) is 70.4 cm³/mol. The van der Waals surface area contributed by atoms with Gasteiger partial charge in [-0.3, -0.25) is 4.79 Å². The molecule has 1 aromatic carbocycles. The van der Waals surface area contributed by atoms with Gasteiger partial charge in [0.05, 0.1) is 5.02 Å². The van der Waals surface area contributed by atoms with Crippen LogP contribution in [0.5, 0.6) is 5.75 Å². The van der Waals surface area contributed by atoms with Crippen molar-refractivity contribution >= 4 is 64.4 Å². The van der Waals surface area contributed by atoms with Gasteiger partial charge in [-0.1, -0.05) is 58.0 Å². The molecule has 0 aromatic heterocycles. The Morgan fingerprint density at radius 3 is 2.41 bits per heavy atom. The molecular formula is C9H6Cl5NO2. The van der Waals surface area contributed by atoms with Crippen LogP contribution < -0.4 is 10.1 Å². The average molecular weight is 337 g/mol. The fourth-order valence-electron chi connectivity index (χ4n) is 0.955. The minimum atomic E-state index is -1.83. The Hall–Kier alpha value is -0.0600. The van der Waals surface area contributed by atoms with E-state index in [0.717, 1.165) is 0 Å². The van der Waals surface area contributed by atoms with E-state index < -0.39 is 10.0 Å². The topological polar surface area (TPSA) is 38.3 Å². The molecule has 8 heteroatoms. The minimum absolute atomic E-state index is 0.238. The summed E-state index contributed by atoms with van der Waals surface area (Å²) in [7, 11) is 0. The Kier molecular flexibility index (Phi) is 5.48. The molecule has 0 aliphatic carbocycles. The molecule has 94 valence electrons. The molecule has 17 heavy (non-hydrogen) atoms. The van der Waals surface area contributed by atoms with Crippen molar-refractivity contribution in [3.63, 3.8) is 0 Å². The highest BCUT2D eigenvalue weighted by Crippen LogP contribution is 2.34. The summed E-state index contributed by atoms with van der Waals surface area (Å²) in [5.74, 6) is 0.238. The van der Waals surface area contributed by atoms with E-state index in [1.165, 1.54) is 12.1 Å². The lowest BCUT2D eigenvalue weighted by molar-refractivity contribution is -0.111. The SMILES string of the molecule is O=CN[C@@H](Oc1ccc(Cl)cc1Cl)C(Cl)(Cl)Cl. The molecular weight excluding hydrogens is 331 g/mol. The highest BCUT2D eigenvalue weighted by atomic mass is 35.6. The normalized spacial score (nSPS) is 13.0. The Bertz CT molecular complexity index is 407. The number of halogens is 5. The molecule has 0 saturated carbocycles. The van der Waals surface area contributed by atoms with Crippen LogP contribution in [0.15, 0.2) is 18.2 Å². The summed E-state index contributed by atoms with van der Waals surface area (Å²) in [6.45, 7) is 0.